The third-order valence-corrected chi connectivity index (χ3v) is 11.9. The summed E-state index contributed by atoms with van der Waals surface area (Å²) in [5.41, 5.74) is 18.0. The molecular formula is C66H54O2. The zero-order valence-electron chi connectivity index (χ0n) is 38.6. The summed E-state index contributed by atoms with van der Waals surface area (Å²) in [5.74, 6) is 1.62. The summed E-state index contributed by atoms with van der Waals surface area (Å²) in [4.78, 5) is 0. The maximum Gasteiger partial charge on any atom is 0.128 e. The Morgan fingerprint density at radius 2 is 0.603 bits per heavy atom. The Kier molecular flexibility index (Phi) is 14.6. The van der Waals surface area contributed by atoms with Gasteiger partial charge in [0.15, 0.2) is 0 Å². The molecule has 0 N–H and O–H groups in total. The SMILES string of the molecule is CCOc1cc(-c2ccccc2C=Cc2ccc(C=C(c3ccccc3)c3ccccc3)cc2)c(OCC)cc1-c1ccccc1C=Cc1ccc(C=C(c2ccccc2)c2ccccc2)cc1. The molecule has 2 heteroatoms. The lowest BCUT2D eigenvalue weighted by Gasteiger charge is -2.19. The van der Waals surface area contributed by atoms with Crippen molar-refractivity contribution >= 4 is 47.6 Å². The van der Waals surface area contributed by atoms with Crippen LogP contribution in [0.4, 0.5) is 0 Å². The van der Waals surface area contributed by atoms with E-state index >= 15 is 0 Å². The van der Waals surface area contributed by atoms with Crippen molar-refractivity contribution in [2.75, 3.05) is 13.2 Å². The molecule has 0 spiro atoms. The van der Waals surface area contributed by atoms with Crippen LogP contribution in [0.15, 0.2) is 231 Å². The van der Waals surface area contributed by atoms with E-state index in [2.05, 4.69) is 267 Å². The summed E-state index contributed by atoms with van der Waals surface area (Å²) in [5, 5.41) is 0. The van der Waals surface area contributed by atoms with Crippen LogP contribution in [0.1, 0.15) is 69.5 Å². The molecule has 330 valence electrons. The predicted octanol–water partition coefficient (Wildman–Crippen LogP) is 17.3. The minimum Gasteiger partial charge on any atom is -0.493 e. The highest BCUT2D eigenvalue weighted by Gasteiger charge is 2.18. The first-order valence-corrected chi connectivity index (χ1v) is 23.5. The maximum absolute atomic E-state index is 6.47. The van der Waals surface area contributed by atoms with Gasteiger partial charge >= 0.3 is 0 Å². The Balaban J connectivity index is 0.991. The van der Waals surface area contributed by atoms with Gasteiger partial charge in [-0.3, -0.25) is 0 Å². The van der Waals surface area contributed by atoms with Crippen LogP contribution in [-0.4, -0.2) is 13.2 Å². The van der Waals surface area contributed by atoms with E-state index in [1.807, 2.05) is 13.8 Å². The molecule has 0 radical (unpaired) electrons. The highest BCUT2D eigenvalue weighted by atomic mass is 16.5. The number of ether oxygens (including phenoxy) is 2. The molecule has 2 nitrogen and oxygen atoms in total. The first-order valence-electron chi connectivity index (χ1n) is 23.5. The summed E-state index contributed by atoms with van der Waals surface area (Å²) >= 11 is 0. The van der Waals surface area contributed by atoms with Gasteiger partial charge in [0.1, 0.15) is 11.5 Å². The van der Waals surface area contributed by atoms with Crippen molar-refractivity contribution in [3.05, 3.63) is 286 Å². The molecule has 0 atom stereocenters. The molecule has 0 amide bonds. The second-order valence-electron chi connectivity index (χ2n) is 16.5. The van der Waals surface area contributed by atoms with E-state index in [4.69, 9.17) is 9.47 Å². The zero-order chi connectivity index (χ0) is 46.3. The summed E-state index contributed by atoms with van der Waals surface area (Å²) in [6, 6.07) is 81.1. The number of hydrogen-bond donors (Lipinski definition) is 0. The Morgan fingerprint density at radius 1 is 0.309 bits per heavy atom. The van der Waals surface area contributed by atoms with Crippen LogP contribution < -0.4 is 9.47 Å². The molecule has 0 saturated carbocycles. The molecule has 0 heterocycles. The third kappa shape index (κ3) is 11.0. The number of hydrogen-bond acceptors (Lipinski definition) is 2. The van der Waals surface area contributed by atoms with Gasteiger partial charge in [0.2, 0.25) is 0 Å². The monoisotopic (exact) mass is 878 g/mol. The lowest BCUT2D eigenvalue weighted by molar-refractivity contribution is 0.333. The molecule has 9 rings (SSSR count). The van der Waals surface area contributed by atoms with Crippen LogP contribution in [0.25, 0.3) is 69.9 Å². The van der Waals surface area contributed by atoms with Crippen LogP contribution in [-0.2, 0) is 0 Å². The third-order valence-electron chi connectivity index (χ3n) is 11.9. The quantitative estimate of drug-likeness (QED) is 0.0901. The minimum absolute atomic E-state index is 0.528. The van der Waals surface area contributed by atoms with Crippen molar-refractivity contribution in [3.8, 4) is 33.8 Å². The van der Waals surface area contributed by atoms with Crippen molar-refractivity contribution < 1.29 is 9.47 Å². The zero-order valence-corrected chi connectivity index (χ0v) is 38.6. The van der Waals surface area contributed by atoms with Crippen LogP contribution in [0.2, 0.25) is 0 Å². The average molecular weight is 879 g/mol. The van der Waals surface area contributed by atoms with Gasteiger partial charge < -0.3 is 9.47 Å². The van der Waals surface area contributed by atoms with Gasteiger partial charge in [-0.25, -0.2) is 0 Å². The average Bonchev–Trinajstić information content (AvgIpc) is 3.40. The largest absolute Gasteiger partial charge is 0.493 e. The van der Waals surface area contributed by atoms with Gasteiger partial charge in [-0.15, -0.1) is 0 Å². The van der Waals surface area contributed by atoms with Crippen molar-refractivity contribution in [2.45, 2.75) is 13.8 Å². The molecule has 0 saturated heterocycles. The molecule has 68 heavy (non-hydrogen) atoms. The summed E-state index contributed by atoms with van der Waals surface area (Å²) in [6.45, 7) is 5.13. The van der Waals surface area contributed by atoms with Crippen molar-refractivity contribution in [3.63, 3.8) is 0 Å². The highest BCUT2D eigenvalue weighted by molar-refractivity contribution is 5.94. The van der Waals surface area contributed by atoms with Gasteiger partial charge in [-0.2, -0.15) is 0 Å². The Labute approximate surface area is 402 Å². The van der Waals surface area contributed by atoms with Gasteiger partial charge in [-0.05, 0) is 116 Å². The van der Waals surface area contributed by atoms with E-state index in [0.29, 0.717) is 13.2 Å². The van der Waals surface area contributed by atoms with Crippen LogP contribution in [0, 0.1) is 0 Å². The van der Waals surface area contributed by atoms with Crippen LogP contribution in [0.5, 0.6) is 11.5 Å². The van der Waals surface area contributed by atoms with Crippen molar-refractivity contribution in [1.29, 1.82) is 0 Å². The Bertz CT molecular complexity index is 2880. The summed E-state index contributed by atoms with van der Waals surface area (Å²) in [7, 11) is 0. The maximum atomic E-state index is 6.47. The Hall–Kier alpha value is -8.46. The molecule has 0 aliphatic heterocycles. The fourth-order valence-electron chi connectivity index (χ4n) is 8.56. The lowest BCUT2D eigenvalue weighted by atomic mass is 9.92. The normalized spacial score (nSPS) is 11.1. The second kappa shape index (κ2) is 22.2. The van der Waals surface area contributed by atoms with Crippen LogP contribution in [0.3, 0.4) is 0 Å². The molecular weight excluding hydrogens is 825 g/mol. The first-order chi connectivity index (χ1) is 33.6. The van der Waals surface area contributed by atoms with E-state index < -0.39 is 0 Å². The van der Waals surface area contributed by atoms with Gasteiger partial charge in [0.05, 0.1) is 13.2 Å². The van der Waals surface area contributed by atoms with Crippen LogP contribution >= 0.6 is 0 Å². The fourth-order valence-corrected chi connectivity index (χ4v) is 8.56. The van der Waals surface area contributed by atoms with E-state index in [1.54, 1.807) is 0 Å². The topological polar surface area (TPSA) is 18.5 Å². The van der Waals surface area contributed by atoms with Gasteiger partial charge in [0, 0.05) is 11.1 Å². The second-order valence-corrected chi connectivity index (χ2v) is 16.5. The fraction of sp³-hybridized carbons (Fsp3) is 0.0606. The van der Waals surface area contributed by atoms with E-state index in [1.165, 1.54) is 33.4 Å². The van der Waals surface area contributed by atoms with E-state index in [-0.39, 0.29) is 0 Å². The standard InChI is InChI=1S/C66H54O2/c1-3-67-65-47-64(60-32-20-18-30-58(60)44-42-50-35-39-52(40-36-50)46-62(55-25-13-7-14-26-55)56-27-15-8-16-28-56)66(68-4-2)48-63(65)59-31-19-17-29-57(59)43-41-49-33-37-51(38-34-49)45-61(53-21-9-5-10-22-53)54-23-11-6-12-24-54/h5-48H,3-4H2,1-2H3. The molecule has 0 aliphatic carbocycles. The van der Waals surface area contributed by atoms with Crippen molar-refractivity contribution in [2.24, 2.45) is 0 Å². The molecule has 9 aromatic rings. The number of benzene rings is 9. The minimum atomic E-state index is 0.528. The van der Waals surface area contributed by atoms with E-state index in [0.717, 1.165) is 67.1 Å². The van der Waals surface area contributed by atoms with E-state index in [9.17, 15) is 0 Å². The van der Waals surface area contributed by atoms with Crippen molar-refractivity contribution in [1.82, 2.24) is 0 Å². The summed E-state index contributed by atoms with van der Waals surface area (Å²) in [6.07, 6.45) is 13.3. The predicted molar refractivity (Wildman–Crippen MR) is 290 cm³/mol. The lowest BCUT2D eigenvalue weighted by Crippen LogP contribution is -2.00. The van der Waals surface area contributed by atoms with Gasteiger partial charge in [-0.1, -0.05) is 243 Å². The highest BCUT2D eigenvalue weighted by Crippen LogP contribution is 2.44. The smallest absolute Gasteiger partial charge is 0.128 e. The van der Waals surface area contributed by atoms with Gasteiger partial charge in [0.25, 0.3) is 0 Å². The number of rotatable bonds is 16. The molecule has 0 aromatic heterocycles. The molecule has 9 aromatic carbocycles. The molecule has 0 bridgehead atoms. The first kappa shape index (κ1) is 44.7. The molecule has 0 unspecified atom stereocenters. The molecule has 0 fully saturated rings. The molecule has 0 aliphatic rings. The summed E-state index contributed by atoms with van der Waals surface area (Å²) < 4.78 is 12.9. The Morgan fingerprint density at radius 3 is 0.926 bits per heavy atom.